The molecule has 0 saturated carbocycles. The molecule has 0 spiro atoms. The van der Waals surface area contributed by atoms with Crippen molar-refractivity contribution < 1.29 is 15.0 Å². The van der Waals surface area contributed by atoms with Crippen molar-refractivity contribution in [2.24, 2.45) is 0 Å². The van der Waals surface area contributed by atoms with Crippen LogP contribution in [0.15, 0.2) is 30.5 Å². The Bertz CT molecular complexity index is 644. The number of carbonyl (C=O) groups is 1. The van der Waals surface area contributed by atoms with E-state index in [2.05, 4.69) is 4.98 Å². The molecule has 2 aromatic rings. The van der Waals surface area contributed by atoms with E-state index in [1.165, 1.54) is 6.92 Å². The van der Waals surface area contributed by atoms with E-state index >= 15 is 0 Å². The smallest absolute Gasteiger partial charge is 0.185 e. The molecule has 2 N–H and O–H groups in total. The first-order valence-electron chi connectivity index (χ1n) is 6.84. The molecule has 2 rings (SSSR count). The van der Waals surface area contributed by atoms with Crippen LogP contribution < -0.4 is 0 Å². The second-order valence-corrected chi connectivity index (χ2v) is 6.27. The number of nitrogens with zero attached hydrogens (tertiary/aromatic N) is 1. The summed E-state index contributed by atoms with van der Waals surface area (Å²) in [6, 6.07) is 7.55. The van der Waals surface area contributed by atoms with Crippen LogP contribution in [0.5, 0.6) is 0 Å². The lowest BCUT2D eigenvalue weighted by Crippen LogP contribution is -2.20. The topological polar surface area (TPSA) is 70.4 Å². The maximum atomic E-state index is 10.9. The molecule has 0 aliphatic rings. The highest BCUT2D eigenvalue weighted by Gasteiger charge is 2.21. The molecule has 2 unspecified atom stereocenters. The monoisotopic (exact) mass is 305 g/mol. The molecular weight excluding hydrogens is 286 g/mol. The number of fused-ring (bicyclic) bond motifs is 1. The molecule has 0 fully saturated rings. The zero-order chi connectivity index (χ0) is 15.4. The zero-order valence-corrected chi connectivity index (χ0v) is 12.9. The van der Waals surface area contributed by atoms with E-state index < -0.39 is 12.2 Å². The summed E-state index contributed by atoms with van der Waals surface area (Å²) in [7, 11) is 0. The Morgan fingerprint density at radius 2 is 2.10 bits per heavy atom. The van der Waals surface area contributed by atoms with Gasteiger partial charge in [-0.25, -0.2) is 0 Å². The standard InChI is InChI=1S/C16H19NO3S/c1-10-13(6-5-12-4-3-8-17-15(10)12)16(20)14(19)7-9-21-11(2)18/h3-6,8,14,16,19-20H,7,9H2,1-2H3. The van der Waals surface area contributed by atoms with Crippen LogP contribution >= 0.6 is 11.8 Å². The van der Waals surface area contributed by atoms with E-state index in [1.54, 1.807) is 6.20 Å². The van der Waals surface area contributed by atoms with Gasteiger partial charge in [0.1, 0.15) is 6.10 Å². The number of hydrogen-bond acceptors (Lipinski definition) is 5. The first kappa shape index (κ1) is 15.9. The van der Waals surface area contributed by atoms with Gasteiger partial charge in [-0.2, -0.15) is 0 Å². The molecule has 1 aromatic carbocycles. The Morgan fingerprint density at radius 1 is 1.33 bits per heavy atom. The molecule has 4 nitrogen and oxygen atoms in total. The molecule has 0 aliphatic carbocycles. The number of benzene rings is 1. The lowest BCUT2D eigenvalue weighted by atomic mass is 9.96. The molecule has 0 saturated heterocycles. The van der Waals surface area contributed by atoms with Crippen LogP contribution in [0.25, 0.3) is 10.9 Å². The summed E-state index contributed by atoms with van der Waals surface area (Å²) in [6.45, 7) is 3.39. The van der Waals surface area contributed by atoms with Crippen LogP contribution in [0.2, 0.25) is 0 Å². The fourth-order valence-electron chi connectivity index (χ4n) is 2.32. The number of aryl methyl sites for hydroxylation is 1. The van der Waals surface area contributed by atoms with Gasteiger partial charge >= 0.3 is 0 Å². The summed E-state index contributed by atoms with van der Waals surface area (Å²) in [5.41, 5.74) is 2.39. The second-order valence-electron chi connectivity index (χ2n) is 5.00. The molecule has 2 atom stereocenters. The molecule has 0 amide bonds. The van der Waals surface area contributed by atoms with E-state index in [9.17, 15) is 15.0 Å². The third kappa shape index (κ3) is 3.81. The Morgan fingerprint density at radius 3 is 2.81 bits per heavy atom. The van der Waals surface area contributed by atoms with Crippen molar-refractivity contribution in [1.82, 2.24) is 4.98 Å². The number of aliphatic hydroxyl groups excluding tert-OH is 2. The molecule has 1 aromatic heterocycles. The fraction of sp³-hybridized carbons (Fsp3) is 0.375. The average molecular weight is 305 g/mol. The van der Waals surface area contributed by atoms with Gasteiger partial charge < -0.3 is 10.2 Å². The number of pyridine rings is 1. The van der Waals surface area contributed by atoms with E-state index in [4.69, 9.17) is 0 Å². The molecule has 0 bridgehead atoms. The number of hydrogen-bond donors (Lipinski definition) is 2. The van der Waals surface area contributed by atoms with Gasteiger partial charge in [0.25, 0.3) is 0 Å². The van der Waals surface area contributed by atoms with E-state index in [0.29, 0.717) is 17.7 Å². The first-order chi connectivity index (χ1) is 10.0. The van der Waals surface area contributed by atoms with Gasteiger partial charge in [0.15, 0.2) is 5.12 Å². The molecule has 0 aliphatic heterocycles. The lowest BCUT2D eigenvalue weighted by Gasteiger charge is -2.20. The highest BCUT2D eigenvalue weighted by atomic mass is 32.2. The molecule has 1 heterocycles. The molecule has 21 heavy (non-hydrogen) atoms. The Hall–Kier alpha value is -1.43. The minimum atomic E-state index is -0.969. The number of rotatable bonds is 5. The highest BCUT2D eigenvalue weighted by Crippen LogP contribution is 2.27. The molecular formula is C16H19NO3S. The van der Waals surface area contributed by atoms with Crippen LogP contribution in [-0.4, -0.2) is 32.2 Å². The predicted molar refractivity (Wildman–Crippen MR) is 85.2 cm³/mol. The SMILES string of the molecule is CC(=O)SCCC(O)C(O)c1ccc2cccnc2c1C. The molecule has 0 radical (unpaired) electrons. The van der Waals surface area contributed by atoms with Crippen LogP contribution in [0, 0.1) is 6.92 Å². The van der Waals surface area contributed by atoms with Gasteiger partial charge in [-0.05, 0) is 30.5 Å². The van der Waals surface area contributed by atoms with Gasteiger partial charge in [0, 0.05) is 24.3 Å². The predicted octanol–water partition coefficient (Wildman–Crippen LogP) is 2.61. The Balaban J connectivity index is 2.17. The van der Waals surface area contributed by atoms with Crippen molar-refractivity contribution in [2.45, 2.75) is 32.5 Å². The van der Waals surface area contributed by atoms with Crippen LogP contribution in [0.1, 0.15) is 30.6 Å². The third-order valence-electron chi connectivity index (χ3n) is 3.47. The van der Waals surface area contributed by atoms with Crippen molar-refractivity contribution in [3.63, 3.8) is 0 Å². The zero-order valence-electron chi connectivity index (χ0n) is 12.1. The normalized spacial score (nSPS) is 14.1. The average Bonchev–Trinajstić information content (AvgIpc) is 2.47. The largest absolute Gasteiger partial charge is 0.390 e. The summed E-state index contributed by atoms with van der Waals surface area (Å²) in [6.07, 6.45) is 0.219. The van der Waals surface area contributed by atoms with Crippen LogP contribution in [-0.2, 0) is 4.79 Å². The van der Waals surface area contributed by atoms with Crippen molar-refractivity contribution >= 4 is 27.8 Å². The van der Waals surface area contributed by atoms with E-state index in [1.807, 2.05) is 31.2 Å². The summed E-state index contributed by atoms with van der Waals surface area (Å²) in [5.74, 6) is 0.498. The molecule has 5 heteroatoms. The van der Waals surface area contributed by atoms with Gasteiger partial charge in [-0.15, -0.1) is 0 Å². The fourth-order valence-corrected chi connectivity index (χ4v) is 2.96. The Kier molecular flexibility index (Phi) is 5.33. The quantitative estimate of drug-likeness (QED) is 0.888. The summed E-state index contributed by atoms with van der Waals surface area (Å²) in [4.78, 5) is 15.2. The van der Waals surface area contributed by atoms with Gasteiger partial charge in [-0.3, -0.25) is 9.78 Å². The highest BCUT2D eigenvalue weighted by molar-refractivity contribution is 8.13. The first-order valence-corrected chi connectivity index (χ1v) is 7.83. The van der Waals surface area contributed by atoms with Crippen LogP contribution in [0.4, 0.5) is 0 Å². The number of aromatic nitrogens is 1. The summed E-state index contributed by atoms with van der Waals surface area (Å²) >= 11 is 1.16. The van der Waals surface area contributed by atoms with Gasteiger partial charge in [0.05, 0.1) is 11.6 Å². The van der Waals surface area contributed by atoms with Crippen molar-refractivity contribution in [3.8, 4) is 0 Å². The number of aliphatic hydroxyl groups is 2. The van der Waals surface area contributed by atoms with E-state index in [-0.39, 0.29) is 5.12 Å². The minimum Gasteiger partial charge on any atom is -0.390 e. The summed E-state index contributed by atoms with van der Waals surface area (Å²) in [5, 5.41) is 21.4. The molecule has 112 valence electrons. The third-order valence-corrected chi connectivity index (χ3v) is 4.32. The minimum absolute atomic E-state index is 0.0165. The number of carbonyl (C=O) groups excluding carboxylic acids is 1. The second kappa shape index (κ2) is 7.02. The lowest BCUT2D eigenvalue weighted by molar-refractivity contribution is -0.109. The van der Waals surface area contributed by atoms with Crippen LogP contribution in [0.3, 0.4) is 0 Å². The Labute approximate surface area is 128 Å². The van der Waals surface area contributed by atoms with Gasteiger partial charge in [-0.1, -0.05) is 30.0 Å². The maximum absolute atomic E-state index is 10.9. The van der Waals surface area contributed by atoms with Crippen molar-refractivity contribution in [3.05, 3.63) is 41.6 Å². The van der Waals surface area contributed by atoms with E-state index in [0.717, 1.165) is 28.2 Å². The van der Waals surface area contributed by atoms with Gasteiger partial charge in [0.2, 0.25) is 0 Å². The number of thioether (sulfide) groups is 1. The van der Waals surface area contributed by atoms with Crippen molar-refractivity contribution in [1.29, 1.82) is 0 Å². The maximum Gasteiger partial charge on any atom is 0.185 e. The van der Waals surface area contributed by atoms with Crippen molar-refractivity contribution in [2.75, 3.05) is 5.75 Å². The summed E-state index contributed by atoms with van der Waals surface area (Å²) < 4.78 is 0.